The van der Waals surface area contributed by atoms with Gasteiger partial charge in [0.05, 0.1) is 18.3 Å². The predicted octanol–water partition coefficient (Wildman–Crippen LogP) is 4.95. The molecule has 32 heavy (non-hydrogen) atoms. The molecule has 0 aromatic heterocycles. The molecule has 2 saturated heterocycles. The van der Waals surface area contributed by atoms with E-state index in [0.29, 0.717) is 25.7 Å². The van der Waals surface area contributed by atoms with E-state index >= 15 is 0 Å². The first-order chi connectivity index (χ1) is 15.5. The number of carbonyl (C=O) groups is 1. The largest absolute Gasteiger partial charge is 0.456 e. The van der Waals surface area contributed by atoms with Crippen LogP contribution >= 0.6 is 0 Å². The summed E-state index contributed by atoms with van der Waals surface area (Å²) in [5, 5.41) is 20.9. The van der Waals surface area contributed by atoms with Gasteiger partial charge < -0.3 is 24.4 Å². The highest BCUT2D eigenvalue weighted by molar-refractivity contribution is 5.83. The molecule has 3 aliphatic rings. The zero-order chi connectivity index (χ0) is 22.8. The Morgan fingerprint density at radius 1 is 1.00 bits per heavy atom. The Bertz CT molecular complexity index is 593. The van der Waals surface area contributed by atoms with Crippen molar-refractivity contribution in [2.45, 2.75) is 146 Å². The van der Waals surface area contributed by atoms with Crippen molar-refractivity contribution in [1.29, 1.82) is 0 Å². The van der Waals surface area contributed by atoms with Crippen LogP contribution < -0.4 is 0 Å². The lowest BCUT2D eigenvalue weighted by Crippen LogP contribution is -2.47. The second kappa shape index (κ2) is 13.1. The van der Waals surface area contributed by atoms with Gasteiger partial charge in [-0.1, -0.05) is 77.6 Å². The maximum absolute atomic E-state index is 11.5. The minimum absolute atomic E-state index is 0.249. The Hall–Kier alpha value is -0.950. The third-order valence-electron chi connectivity index (χ3n) is 7.06. The molecule has 0 aromatic carbocycles. The lowest BCUT2D eigenvalue weighted by atomic mass is 9.92. The number of aliphatic hydroxyl groups excluding tert-OH is 2. The molecule has 0 bridgehead atoms. The molecule has 2 N–H and O–H groups in total. The van der Waals surface area contributed by atoms with E-state index in [0.717, 1.165) is 19.3 Å². The molecule has 0 unspecified atom stereocenters. The molecule has 3 heterocycles. The Balaban J connectivity index is 1.28. The molecule has 1 spiro atoms. The van der Waals surface area contributed by atoms with Gasteiger partial charge in [-0.05, 0) is 25.3 Å². The average Bonchev–Trinajstić information content (AvgIpc) is 3.07. The second-order valence-corrected chi connectivity index (χ2v) is 10.1. The average molecular weight is 453 g/mol. The van der Waals surface area contributed by atoms with Crippen molar-refractivity contribution in [2.24, 2.45) is 0 Å². The van der Waals surface area contributed by atoms with Gasteiger partial charge in [0.2, 0.25) is 0 Å². The van der Waals surface area contributed by atoms with Gasteiger partial charge in [-0.25, -0.2) is 4.79 Å². The van der Waals surface area contributed by atoms with Crippen molar-refractivity contribution in [3.63, 3.8) is 0 Å². The van der Waals surface area contributed by atoms with E-state index in [1.54, 1.807) is 6.08 Å². The number of aliphatic hydroxyl groups is 2. The summed E-state index contributed by atoms with van der Waals surface area (Å²) in [6.45, 7) is 2.26. The molecule has 0 amide bonds. The highest BCUT2D eigenvalue weighted by Crippen LogP contribution is 2.43. The first kappa shape index (κ1) is 25.7. The monoisotopic (exact) mass is 452 g/mol. The maximum atomic E-state index is 11.5. The molecule has 6 nitrogen and oxygen atoms in total. The lowest BCUT2D eigenvalue weighted by Gasteiger charge is -2.40. The zero-order valence-corrected chi connectivity index (χ0v) is 19.9. The van der Waals surface area contributed by atoms with Crippen LogP contribution in [0.5, 0.6) is 0 Å². The fourth-order valence-electron chi connectivity index (χ4n) is 5.39. The van der Waals surface area contributed by atoms with E-state index in [9.17, 15) is 15.0 Å². The number of hydrogen-bond donors (Lipinski definition) is 2. The van der Waals surface area contributed by atoms with Crippen molar-refractivity contribution in [3.8, 4) is 0 Å². The van der Waals surface area contributed by atoms with Crippen LogP contribution in [0.3, 0.4) is 0 Å². The minimum Gasteiger partial charge on any atom is -0.456 e. The topological polar surface area (TPSA) is 85.2 Å². The Labute approximate surface area is 193 Å². The van der Waals surface area contributed by atoms with E-state index in [-0.39, 0.29) is 24.3 Å². The number of ether oxygens (including phenoxy) is 3. The van der Waals surface area contributed by atoms with E-state index in [2.05, 4.69) is 6.92 Å². The summed E-state index contributed by atoms with van der Waals surface area (Å²) in [5.74, 6) is -1.29. The van der Waals surface area contributed by atoms with Gasteiger partial charge in [-0.3, -0.25) is 0 Å². The molecule has 6 atom stereocenters. The molecule has 0 saturated carbocycles. The first-order valence-corrected chi connectivity index (χ1v) is 13.1. The number of unbranched alkanes of at least 4 members (excludes halogenated alkanes) is 10. The highest BCUT2D eigenvalue weighted by Gasteiger charge is 2.53. The molecule has 6 heteroatoms. The summed E-state index contributed by atoms with van der Waals surface area (Å²) in [6.07, 6.45) is 18.0. The number of esters is 1. The number of fused-ring (bicyclic) bond motifs is 1. The summed E-state index contributed by atoms with van der Waals surface area (Å²) in [4.78, 5) is 11.5. The van der Waals surface area contributed by atoms with Gasteiger partial charge in [0.25, 0.3) is 0 Å². The van der Waals surface area contributed by atoms with E-state index in [1.807, 2.05) is 0 Å². The van der Waals surface area contributed by atoms with Gasteiger partial charge in [-0.2, -0.15) is 0 Å². The van der Waals surface area contributed by atoms with Crippen LogP contribution in [0.25, 0.3) is 0 Å². The quantitative estimate of drug-likeness (QED) is 0.287. The van der Waals surface area contributed by atoms with Gasteiger partial charge in [0.15, 0.2) is 5.79 Å². The highest BCUT2D eigenvalue weighted by atomic mass is 16.7. The standard InChI is InChI=1S/C26H44O6/c1-2-3-4-5-6-7-8-9-10-11-12-13-20(27)16-22-17-21(28)18-26(31-22)19-24-23(32-26)14-15-25(29)30-24/h14-15,20-24,27-28H,2-13,16-19H2,1H3/t20-,21+,22-,23-,24-,26-/m0/s1. The maximum Gasteiger partial charge on any atom is 0.330 e. The molecule has 2 fully saturated rings. The Morgan fingerprint density at radius 3 is 2.34 bits per heavy atom. The SMILES string of the molecule is CCCCCCCCCCCCC[C@H](O)C[C@H]1C[C@@H](O)C[C@]2(C[C@@H]3OC(=O)C=C[C@@H]3O2)O1. The Kier molecular flexibility index (Phi) is 10.5. The van der Waals surface area contributed by atoms with Gasteiger partial charge in [-0.15, -0.1) is 0 Å². The third kappa shape index (κ3) is 8.12. The first-order valence-electron chi connectivity index (χ1n) is 13.1. The zero-order valence-electron chi connectivity index (χ0n) is 19.9. The molecule has 0 aliphatic carbocycles. The van der Waals surface area contributed by atoms with Crippen LogP contribution in [0.1, 0.15) is 110 Å². The third-order valence-corrected chi connectivity index (χ3v) is 7.06. The Morgan fingerprint density at radius 2 is 1.66 bits per heavy atom. The summed E-state index contributed by atoms with van der Waals surface area (Å²) in [6, 6.07) is 0. The predicted molar refractivity (Wildman–Crippen MR) is 123 cm³/mol. The van der Waals surface area contributed by atoms with Crippen LogP contribution in [0.15, 0.2) is 12.2 Å². The van der Waals surface area contributed by atoms with Crippen molar-refractivity contribution >= 4 is 5.97 Å². The fourth-order valence-corrected chi connectivity index (χ4v) is 5.39. The van der Waals surface area contributed by atoms with E-state index in [1.165, 1.54) is 63.9 Å². The molecular weight excluding hydrogens is 408 g/mol. The molecule has 3 rings (SSSR count). The van der Waals surface area contributed by atoms with Crippen LogP contribution in [-0.2, 0) is 19.0 Å². The second-order valence-electron chi connectivity index (χ2n) is 10.1. The van der Waals surface area contributed by atoms with Gasteiger partial charge >= 0.3 is 5.97 Å². The number of carbonyl (C=O) groups excluding carboxylic acids is 1. The molecule has 0 aromatic rings. The molecule has 0 radical (unpaired) electrons. The van der Waals surface area contributed by atoms with E-state index in [4.69, 9.17) is 14.2 Å². The van der Waals surface area contributed by atoms with Crippen LogP contribution in [-0.4, -0.2) is 52.5 Å². The fraction of sp³-hybridized carbons (Fsp3) is 0.885. The van der Waals surface area contributed by atoms with Crippen molar-refractivity contribution in [1.82, 2.24) is 0 Å². The van der Waals surface area contributed by atoms with Crippen LogP contribution in [0.2, 0.25) is 0 Å². The van der Waals surface area contributed by atoms with Crippen molar-refractivity contribution in [2.75, 3.05) is 0 Å². The summed E-state index contributed by atoms with van der Waals surface area (Å²) >= 11 is 0. The van der Waals surface area contributed by atoms with Gasteiger partial charge in [0.1, 0.15) is 12.2 Å². The summed E-state index contributed by atoms with van der Waals surface area (Å²) in [5.41, 5.74) is 0. The van der Waals surface area contributed by atoms with Crippen molar-refractivity contribution in [3.05, 3.63) is 12.2 Å². The van der Waals surface area contributed by atoms with Gasteiger partial charge in [0, 0.05) is 18.9 Å². The van der Waals surface area contributed by atoms with Crippen LogP contribution in [0, 0.1) is 0 Å². The van der Waals surface area contributed by atoms with Crippen LogP contribution in [0.4, 0.5) is 0 Å². The number of hydrogen-bond acceptors (Lipinski definition) is 6. The molecule has 3 aliphatic heterocycles. The summed E-state index contributed by atoms with van der Waals surface area (Å²) in [7, 11) is 0. The smallest absolute Gasteiger partial charge is 0.330 e. The number of rotatable bonds is 14. The minimum atomic E-state index is -0.928. The molecular formula is C26H44O6. The summed E-state index contributed by atoms with van der Waals surface area (Å²) < 4.78 is 17.7. The lowest BCUT2D eigenvalue weighted by molar-refractivity contribution is -0.285. The van der Waals surface area contributed by atoms with Crippen molar-refractivity contribution < 1.29 is 29.2 Å². The van der Waals surface area contributed by atoms with E-state index < -0.39 is 18.0 Å². The molecule has 184 valence electrons. The normalized spacial score (nSPS) is 32.8.